The fourth-order valence-electron chi connectivity index (χ4n) is 3.99. The van der Waals surface area contributed by atoms with Crippen molar-refractivity contribution in [1.82, 2.24) is 16.0 Å². The number of amides is 3. The minimum absolute atomic E-state index is 0.131. The maximum atomic E-state index is 13.2. The van der Waals surface area contributed by atoms with Crippen molar-refractivity contribution < 1.29 is 32.3 Å². The Kier molecular flexibility index (Phi) is 13.0. The zero-order valence-corrected chi connectivity index (χ0v) is 23.5. The summed E-state index contributed by atoms with van der Waals surface area (Å²) in [4.78, 5) is 50.8. The highest BCUT2D eigenvalue weighted by atomic mass is 33.1. The number of carbonyl (C=O) groups is 4. The molecule has 1 heterocycles. The van der Waals surface area contributed by atoms with Gasteiger partial charge in [0.15, 0.2) is 0 Å². The van der Waals surface area contributed by atoms with E-state index >= 15 is 0 Å². The predicted molar refractivity (Wildman–Crippen MR) is 144 cm³/mol. The Labute approximate surface area is 229 Å². The third kappa shape index (κ3) is 10.5. The van der Waals surface area contributed by atoms with Gasteiger partial charge in [-0.1, -0.05) is 60.1 Å². The fraction of sp³-hybridized carbons (Fsp3) is 0.615. The first-order valence-electron chi connectivity index (χ1n) is 12.8. The van der Waals surface area contributed by atoms with Crippen molar-refractivity contribution in [2.75, 3.05) is 12.3 Å². The van der Waals surface area contributed by atoms with Crippen LogP contribution in [-0.2, 0) is 31.8 Å². The minimum Gasteiger partial charge on any atom is -0.350 e. The second kappa shape index (κ2) is 15.4. The number of unbranched alkanes of at least 4 members (excludes halogenated alkanes) is 1. The van der Waals surface area contributed by atoms with Crippen LogP contribution in [0.3, 0.4) is 0 Å². The molecule has 1 aromatic rings. The van der Waals surface area contributed by atoms with E-state index in [-0.39, 0.29) is 36.8 Å². The molecule has 1 aliphatic rings. The molecule has 2 rings (SSSR count). The topological polar surface area (TPSA) is 104 Å². The Bertz CT molecular complexity index is 969. The summed E-state index contributed by atoms with van der Waals surface area (Å²) in [5, 5.41) is 8.20. The number of ketones is 1. The van der Waals surface area contributed by atoms with Crippen molar-refractivity contribution in [2.24, 2.45) is 5.92 Å². The Balaban J connectivity index is 2.07. The molecule has 212 valence electrons. The minimum atomic E-state index is -4.58. The molecule has 1 unspecified atom stereocenters. The van der Waals surface area contributed by atoms with Gasteiger partial charge in [0.2, 0.25) is 17.6 Å². The Morgan fingerprint density at radius 2 is 1.84 bits per heavy atom. The van der Waals surface area contributed by atoms with Crippen LogP contribution in [0.1, 0.15) is 64.0 Å². The smallest absolute Gasteiger partial charge is 0.350 e. The molecular weight excluding hydrogens is 539 g/mol. The largest absolute Gasteiger partial charge is 0.416 e. The second-order valence-electron chi connectivity index (χ2n) is 9.55. The molecule has 0 saturated carbocycles. The van der Waals surface area contributed by atoms with E-state index in [9.17, 15) is 32.3 Å². The summed E-state index contributed by atoms with van der Waals surface area (Å²) >= 11 is 0. The van der Waals surface area contributed by atoms with E-state index in [1.165, 1.54) is 18.6 Å². The van der Waals surface area contributed by atoms with Gasteiger partial charge in [0.25, 0.3) is 5.91 Å². The monoisotopic (exact) mass is 575 g/mol. The highest BCUT2D eigenvalue weighted by Crippen LogP contribution is 2.39. The molecule has 12 heteroatoms. The van der Waals surface area contributed by atoms with Crippen molar-refractivity contribution in [2.45, 2.75) is 82.8 Å². The average Bonchev–Trinajstić information content (AvgIpc) is 3.37. The molecule has 3 atom stereocenters. The Hall–Kier alpha value is -2.21. The van der Waals surface area contributed by atoms with Crippen LogP contribution in [0.25, 0.3) is 0 Å². The number of carbonyl (C=O) groups excluding carboxylic acids is 4. The molecular formula is C26H36F3N3O4S2. The number of hydrogen-bond acceptors (Lipinski definition) is 6. The van der Waals surface area contributed by atoms with Gasteiger partial charge in [-0.2, -0.15) is 13.2 Å². The lowest BCUT2D eigenvalue weighted by molar-refractivity contribution is -0.140. The quantitative estimate of drug-likeness (QED) is 0.174. The summed E-state index contributed by atoms with van der Waals surface area (Å²) in [6.07, 6.45) is -0.835. The van der Waals surface area contributed by atoms with E-state index in [2.05, 4.69) is 16.0 Å². The Morgan fingerprint density at radius 1 is 1.11 bits per heavy atom. The summed E-state index contributed by atoms with van der Waals surface area (Å²) in [5.41, 5.74) is -0.769. The molecule has 38 heavy (non-hydrogen) atoms. The zero-order valence-electron chi connectivity index (χ0n) is 21.9. The van der Waals surface area contributed by atoms with Crippen molar-refractivity contribution in [3.63, 3.8) is 0 Å². The third-order valence-electron chi connectivity index (χ3n) is 6.06. The molecule has 1 aromatic carbocycles. The Morgan fingerprint density at radius 3 is 2.45 bits per heavy atom. The first-order chi connectivity index (χ1) is 17.9. The molecule has 1 saturated heterocycles. The van der Waals surface area contributed by atoms with E-state index in [1.807, 2.05) is 21.6 Å². The van der Waals surface area contributed by atoms with Crippen molar-refractivity contribution in [3.05, 3.63) is 35.4 Å². The first kappa shape index (κ1) is 32.0. The van der Waals surface area contributed by atoms with Gasteiger partial charge in [-0.25, -0.2) is 0 Å². The number of benzene rings is 1. The molecule has 1 fully saturated rings. The molecule has 0 radical (unpaired) electrons. The van der Waals surface area contributed by atoms with E-state index in [4.69, 9.17) is 0 Å². The standard InChI is InChI=1S/C26H36F3N3O4S2/c1-4-30-25(36)23(34)20(15-17-8-7-9-18(14-17)26(27,28)29)31-24(35)22(16(2)3)32-21(33)11-6-5-10-19-12-13-37-38-19/h7-9,14,16,19-20,22H,4-6,10-13,15H2,1-3H3,(H,30,36)(H,31,35)(H,32,33)/t19?,20-,22-/m0/s1. The molecule has 3 amide bonds. The van der Waals surface area contributed by atoms with Gasteiger partial charge in [-0.15, -0.1) is 0 Å². The average molecular weight is 576 g/mol. The number of likely N-dealkylation sites (N-methyl/N-ethyl adjacent to an activating group) is 1. The van der Waals surface area contributed by atoms with E-state index in [1.54, 1.807) is 20.8 Å². The number of nitrogens with one attached hydrogen (secondary N) is 3. The zero-order chi connectivity index (χ0) is 28.3. The first-order valence-corrected chi connectivity index (χ1v) is 15.2. The van der Waals surface area contributed by atoms with Crippen molar-refractivity contribution in [3.8, 4) is 0 Å². The van der Waals surface area contributed by atoms with Gasteiger partial charge in [0.05, 0.1) is 5.56 Å². The van der Waals surface area contributed by atoms with Crippen LogP contribution in [0.15, 0.2) is 24.3 Å². The second-order valence-corrected chi connectivity index (χ2v) is 12.3. The predicted octanol–water partition coefficient (Wildman–Crippen LogP) is 4.29. The van der Waals surface area contributed by atoms with Crippen LogP contribution >= 0.6 is 21.6 Å². The van der Waals surface area contributed by atoms with Crippen LogP contribution in [0.2, 0.25) is 0 Å². The summed E-state index contributed by atoms with van der Waals surface area (Å²) in [6, 6.07) is 2.00. The van der Waals surface area contributed by atoms with Gasteiger partial charge < -0.3 is 16.0 Å². The molecule has 0 aliphatic carbocycles. The number of rotatable bonds is 14. The van der Waals surface area contributed by atoms with Gasteiger partial charge >= 0.3 is 6.18 Å². The SMILES string of the molecule is CCNC(=O)C(=O)[C@H](Cc1cccc(C(F)(F)F)c1)NC(=O)[C@@H](NC(=O)CCCCC1CCSS1)C(C)C. The van der Waals surface area contributed by atoms with E-state index < -0.39 is 41.4 Å². The maximum Gasteiger partial charge on any atom is 0.416 e. The summed E-state index contributed by atoms with van der Waals surface area (Å²) in [6.45, 7) is 5.24. The molecule has 0 spiro atoms. The number of alkyl halides is 3. The lowest BCUT2D eigenvalue weighted by Gasteiger charge is -2.25. The third-order valence-corrected chi connectivity index (χ3v) is 9.07. The van der Waals surface area contributed by atoms with Gasteiger partial charge in [0, 0.05) is 30.4 Å². The lowest BCUT2D eigenvalue weighted by atomic mass is 9.97. The van der Waals surface area contributed by atoms with Crippen LogP contribution in [-0.4, -0.2) is 53.1 Å². The van der Waals surface area contributed by atoms with Crippen molar-refractivity contribution in [1.29, 1.82) is 0 Å². The number of Topliss-reactive ketones (excluding diaryl/α,β-unsaturated/α-hetero) is 1. The normalized spacial score (nSPS) is 17.1. The highest BCUT2D eigenvalue weighted by molar-refractivity contribution is 8.77. The van der Waals surface area contributed by atoms with Crippen LogP contribution in [0.5, 0.6) is 0 Å². The lowest BCUT2D eigenvalue weighted by Crippen LogP contribution is -2.56. The summed E-state index contributed by atoms with van der Waals surface area (Å²) < 4.78 is 39.5. The molecule has 0 bridgehead atoms. The van der Waals surface area contributed by atoms with Crippen LogP contribution in [0, 0.1) is 5.92 Å². The van der Waals surface area contributed by atoms with Gasteiger partial charge in [0.1, 0.15) is 12.1 Å². The van der Waals surface area contributed by atoms with E-state index in [0.717, 1.165) is 30.7 Å². The van der Waals surface area contributed by atoms with Gasteiger partial charge in [-0.3, -0.25) is 19.2 Å². The van der Waals surface area contributed by atoms with Gasteiger partial charge in [-0.05, 0) is 43.7 Å². The summed E-state index contributed by atoms with van der Waals surface area (Å²) in [7, 11) is 3.75. The fourth-order valence-corrected chi connectivity index (χ4v) is 7.02. The van der Waals surface area contributed by atoms with Crippen LogP contribution in [0.4, 0.5) is 13.2 Å². The highest BCUT2D eigenvalue weighted by Gasteiger charge is 2.33. The van der Waals surface area contributed by atoms with E-state index in [0.29, 0.717) is 11.7 Å². The molecule has 3 N–H and O–H groups in total. The molecule has 1 aliphatic heterocycles. The van der Waals surface area contributed by atoms with Crippen LogP contribution < -0.4 is 16.0 Å². The maximum absolute atomic E-state index is 13.2. The number of halogens is 3. The summed E-state index contributed by atoms with van der Waals surface area (Å²) in [5.74, 6) is -2.08. The molecule has 0 aromatic heterocycles. The van der Waals surface area contributed by atoms with Crippen molar-refractivity contribution >= 4 is 45.1 Å². The number of hydrogen-bond donors (Lipinski definition) is 3. The molecule has 7 nitrogen and oxygen atoms in total.